The van der Waals surface area contributed by atoms with Gasteiger partial charge in [0, 0.05) is 25.6 Å². The second-order valence-electron chi connectivity index (χ2n) is 6.98. The van der Waals surface area contributed by atoms with Crippen LogP contribution in [0, 0.1) is 20.8 Å². The summed E-state index contributed by atoms with van der Waals surface area (Å²) in [5.41, 5.74) is 5.47. The molecule has 130 valence electrons. The van der Waals surface area contributed by atoms with Crippen LogP contribution in [0.4, 0.5) is 0 Å². The number of nitrogens with zero attached hydrogens (tertiary/aromatic N) is 3. The number of nitrogens with one attached hydrogen (secondary N) is 1. The minimum atomic E-state index is 0.331. The zero-order valence-corrected chi connectivity index (χ0v) is 15.4. The van der Waals surface area contributed by atoms with E-state index in [1.807, 2.05) is 4.68 Å². The summed E-state index contributed by atoms with van der Waals surface area (Å²) < 4.78 is 7.17. The quantitative estimate of drug-likeness (QED) is 0.917. The molecule has 0 saturated carbocycles. The number of hydrogen-bond donors (Lipinski definition) is 1. The first kappa shape index (κ1) is 17.1. The van der Waals surface area contributed by atoms with Crippen LogP contribution in [0.1, 0.15) is 53.3 Å². The van der Waals surface area contributed by atoms with Gasteiger partial charge in [-0.2, -0.15) is 5.10 Å². The fraction of sp³-hybridized carbons (Fsp3) is 0.579. The van der Waals surface area contributed by atoms with Crippen molar-refractivity contribution in [2.45, 2.75) is 65.8 Å². The molecule has 2 unspecified atom stereocenters. The molecule has 1 aromatic carbocycles. The number of ether oxygens (including phenoxy) is 1. The lowest BCUT2D eigenvalue weighted by Gasteiger charge is -2.28. The van der Waals surface area contributed by atoms with Gasteiger partial charge in [-0.25, -0.2) is 9.67 Å². The molecular weight excluding hydrogens is 300 g/mol. The van der Waals surface area contributed by atoms with Crippen LogP contribution in [0.2, 0.25) is 0 Å². The summed E-state index contributed by atoms with van der Waals surface area (Å²) in [5.74, 6) is 1.86. The van der Waals surface area contributed by atoms with E-state index in [1.165, 1.54) is 22.3 Å². The monoisotopic (exact) mass is 328 g/mol. The highest BCUT2D eigenvalue weighted by atomic mass is 16.5. The van der Waals surface area contributed by atoms with Crippen molar-refractivity contribution in [2.24, 2.45) is 0 Å². The third-order valence-electron chi connectivity index (χ3n) is 5.01. The Labute approximate surface area is 144 Å². The van der Waals surface area contributed by atoms with E-state index in [9.17, 15) is 0 Å². The molecular formula is C19H28N4O. The molecule has 1 aliphatic rings. The number of aryl methyl sites for hydroxylation is 4. The normalized spacial score (nSPS) is 18.5. The SMILES string of the molecule is COCc1nc2n(n1)CC(NC(C)c1cc(C)c(C)cc1C)CC2. The molecule has 5 heteroatoms. The van der Waals surface area contributed by atoms with Crippen molar-refractivity contribution in [2.75, 3.05) is 7.11 Å². The second-order valence-corrected chi connectivity index (χ2v) is 6.98. The van der Waals surface area contributed by atoms with Gasteiger partial charge in [0.15, 0.2) is 5.82 Å². The van der Waals surface area contributed by atoms with Gasteiger partial charge in [0.1, 0.15) is 12.4 Å². The molecule has 1 aromatic heterocycles. The predicted molar refractivity (Wildman–Crippen MR) is 95.0 cm³/mol. The van der Waals surface area contributed by atoms with Gasteiger partial charge in [-0.15, -0.1) is 0 Å². The summed E-state index contributed by atoms with van der Waals surface area (Å²) in [6.45, 7) is 10.2. The second kappa shape index (κ2) is 7.03. The zero-order valence-electron chi connectivity index (χ0n) is 15.4. The number of hydrogen-bond acceptors (Lipinski definition) is 4. The van der Waals surface area contributed by atoms with Crippen molar-refractivity contribution >= 4 is 0 Å². The summed E-state index contributed by atoms with van der Waals surface area (Å²) in [7, 11) is 1.68. The van der Waals surface area contributed by atoms with E-state index in [-0.39, 0.29) is 0 Å². The van der Waals surface area contributed by atoms with Crippen molar-refractivity contribution in [3.63, 3.8) is 0 Å². The Bertz CT molecular complexity index is 722. The average molecular weight is 328 g/mol. The van der Waals surface area contributed by atoms with Gasteiger partial charge in [0.05, 0.1) is 6.54 Å². The van der Waals surface area contributed by atoms with Gasteiger partial charge in [-0.3, -0.25) is 0 Å². The Hall–Kier alpha value is -1.72. The molecule has 0 radical (unpaired) electrons. The van der Waals surface area contributed by atoms with Crippen molar-refractivity contribution < 1.29 is 4.74 Å². The fourth-order valence-corrected chi connectivity index (χ4v) is 3.58. The highest BCUT2D eigenvalue weighted by Gasteiger charge is 2.23. The molecule has 0 spiro atoms. The van der Waals surface area contributed by atoms with Crippen LogP contribution >= 0.6 is 0 Å². The number of aromatic nitrogens is 3. The molecule has 2 heterocycles. The summed E-state index contributed by atoms with van der Waals surface area (Å²) in [4.78, 5) is 4.55. The fourth-order valence-electron chi connectivity index (χ4n) is 3.58. The first-order chi connectivity index (χ1) is 11.5. The Morgan fingerprint density at radius 1 is 1.25 bits per heavy atom. The Kier molecular flexibility index (Phi) is 5.01. The third-order valence-corrected chi connectivity index (χ3v) is 5.01. The number of rotatable bonds is 5. The lowest BCUT2D eigenvalue weighted by atomic mass is 9.95. The van der Waals surface area contributed by atoms with Crippen molar-refractivity contribution in [1.82, 2.24) is 20.1 Å². The van der Waals surface area contributed by atoms with Crippen LogP contribution < -0.4 is 5.32 Å². The largest absolute Gasteiger partial charge is 0.377 e. The third kappa shape index (κ3) is 3.52. The Balaban J connectivity index is 1.69. The first-order valence-electron chi connectivity index (χ1n) is 8.73. The topological polar surface area (TPSA) is 52.0 Å². The van der Waals surface area contributed by atoms with E-state index < -0.39 is 0 Å². The van der Waals surface area contributed by atoms with E-state index in [0.29, 0.717) is 18.7 Å². The molecule has 0 aliphatic carbocycles. The highest BCUT2D eigenvalue weighted by molar-refractivity contribution is 5.38. The van der Waals surface area contributed by atoms with Crippen LogP contribution in [-0.2, 0) is 24.3 Å². The van der Waals surface area contributed by atoms with Gasteiger partial charge in [-0.05, 0) is 56.4 Å². The van der Waals surface area contributed by atoms with Crippen LogP contribution in [0.3, 0.4) is 0 Å². The number of benzene rings is 1. The molecule has 1 N–H and O–H groups in total. The van der Waals surface area contributed by atoms with E-state index >= 15 is 0 Å². The maximum Gasteiger partial charge on any atom is 0.176 e. The van der Waals surface area contributed by atoms with Crippen LogP contribution in [0.25, 0.3) is 0 Å². The molecule has 0 amide bonds. The smallest absolute Gasteiger partial charge is 0.176 e. The van der Waals surface area contributed by atoms with Crippen molar-refractivity contribution in [1.29, 1.82) is 0 Å². The minimum absolute atomic E-state index is 0.331. The van der Waals surface area contributed by atoms with Gasteiger partial charge in [0.2, 0.25) is 0 Å². The lowest BCUT2D eigenvalue weighted by molar-refractivity contribution is 0.177. The van der Waals surface area contributed by atoms with Crippen LogP contribution in [0.15, 0.2) is 12.1 Å². The maximum absolute atomic E-state index is 5.13. The average Bonchev–Trinajstić information content (AvgIpc) is 2.92. The van der Waals surface area contributed by atoms with Gasteiger partial charge in [-0.1, -0.05) is 12.1 Å². The molecule has 3 rings (SSSR count). The minimum Gasteiger partial charge on any atom is -0.377 e. The first-order valence-corrected chi connectivity index (χ1v) is 8.73. The summed E-state index contributed by atoms with van der Waals surface area (Å²) in [5, 5.41) is 8.34. The van der Waals surface area contributed by atoms with Gasteiger partial charge in [0.25, 0.3) is 0 Å². The predicted octanol–water partition coefficient (Wildman–Crippen LogP) is 3.02. The van der Waals surface area contributed by atoms with E-state index in [1.54, 1.807) is 7.11 Å². The molecule has 0 saturated heterocycles. The molecule has 24 heavy (non-hydrogen) atoms. The summed E-state index contributed by atoms with van der Waals surface area (Å²) >= 11 is 0. The van der Waals surface area contributed by atoms with E-state index in [2.05, 4.69) is 55.2 Å². The number of fused-ring (bicyclic) bond motifs is 1. The van der Waals surface area contributed by atoms with E-state index in [0.717, 1.165) is 31.0 Å². The Morgan fingerprint density at radius 3 is 2.75 bits per heavy atom. The molecule has 1 aliphatic heterocycles. The maximum atomic E-state index is 5.13. The molecule has 5 nitrogen and oxygen atoms in total. The van der Waals surface area contributed by atoms with Crippen LogP contribution in [0.5, 0.6) is 0 Å². The Morgan fingerprint density at radius 2 is 2.00 bits per heavy atom. The molecule has 2 atom stereocenters. The van der Waals surface area contributed by atoms with Crippen molar-refractivity contribution in [3.05, 3.63) is 46.0 Å². The van der Waals surface area contributed by atoms with E-state index in [4.69, 9.17) is 4.74 Å². The summed E-state index contributed by atoms with van der Waals surface area (Å²) in [6.07, 6.45) is 2.06. The van der Waals surface area contributed by atoms with Gasteiger partial charge < -0.3 is 10.1 Å². The summed E-state index contributed by atoms with van der Waals surface area (Å²) in [6, 6.07) is 5.36. The molecule has 0 bridgehead atoms. The zero-order chi connectivity index (χ0) is 17.3. The van der Waals surface area contributed by atoms with Crippen LogP contribution in [-0.4, -0.2) is 27.9 Å². The lowest BCUT2D eigenvalue weighted by Crippen LogP contribution is -2.39. The van der Waals surface area contributed by atoms with Crippen molar-refractivity contribution in [3.8, 4) is 0 Å². The van der Waals surface area contributed by atoms with Gasteiger partial charge >= 0.3 is 0 Å². The molecule has 0 fully saturated rings. The number of methoxy groups -OCH3 is 1. The highest BCUT2D eigenvalue weighted by Crippen LogP contribution is 2.23. The standard InChI is InChI=1S/C19H28N4O/c1-12-8-14(3)17(9-13(12)2)15(4)20-16-6-7-19-21-18(11-24-5)22-23(19)10-16/h8-9,15-16,20H,6-7,10-11H2,1-5H3. The molecule has 2 aromatic rings.